The standard InChI is InChI=1S/C27H33O2S.C5H5.Fe/c1-17(2)21-15-23(18(3)4)27(24(16-21)19(5)6)30(29)25-14-10-13-22(25)26(28)20-11-8-7-9-12-20;1-2-4-5-3-1;/h7-19,26,28H,1-6H3;1-5H;/q;;+2/t26-,30+;;/m0../s1. The van der Waals surface area contributed by atoms with E-state index in [4.69, 9.17) is 0 Å². The smallest absolute Gasteiger partial charge is 0.388 e. The van der Waals surface area contributed by atoms with Gasteiger partial charge in [-0.1, -0.05) is 84.0 Å². The second-order valence-electron chi connectivity index (χ2n) is 9.88. The summed E-state index contributed by atoms with van der Waals surface area (Å²) in [6.45, 7) is 13.0. The van der Waals surface area contributed by atoms with Crippen molar-refractivity contribution in [3.05, 3.63) is 127 Å². The van der Waals surface area contributed by atoms with E-state index in [1.165, 1.54) is 5.56 Å². The van der Waals surface area contributed by atoms with Crippen molar-refractivity contribution >= 4 is 10.8 Å². The van der Waals surface area contributed by atoms with Crippen LogP contribution < -0.4 is 0 Å². The maximum atomic E-state index is 14.0. The van der Waals surface area contributed by atoms with Crippen molar-refractivity contribution in [1.29, 1.82) is 0 Å². The molecule has 0 amide bonds. The summed E-state index contributed by atoms with van der Waals surface area (Å²) in [6, 6.07) is 14.0. The summed E-state index contributed by atoms with van der Waals surface area (Å²) < 4.78 is 14.0. The summed E-state index contributed by atoms with van der Waals surface area (Å²) in [5.74, 6) is 1.66. The van der Waals surface area contributed by atoms with Crippen LogP contribution in [0.15, 0.2) is 47.4 Å². The number of hydrogen-bond donors (Lipinski definition) is 1. The molecule has 36 heavy (non-hydrogen) atoms. The molecular weight excluding hydrogens is 504 g/mol. The molecule has 190 valence electrons. The van der Waals surface area contributed by atoms with Gasteiger partial charge in [0, 0.05) is 10.8 Å². The summed E-state index contributed by atoms with van der Waals surface area (Å²) >= 11 is 0. The number of aliphatic hydroxyl groups is 1. The first-order chi connectivity index (χ1) is 16.7. The zero-order valence-electron chi connectivity index (χ0n) is 22.1. The van der Waals surface area contributed by atoms with Gasteiger partial charge >= 0.3 is 17.1 Å². The molecule has 10 radical (unpaired) electrons. The predicted molar refractivity (Wildman–Crippen MR) is 147 cm³/mol. The van der Waals surface area contributed by atoms with Crippen molar-refractivity contribution in [1.82, 2.24) is 0 Å². The molecule has 2 saturated carbocycles. The van der Waals surface area contributed by atoms with Gasteiger partial charge in [0.2, 0.25) is 0 Å². The molecule has 0 aliphatic heterocycles. The predicted octanol–water partition coefficient (Wildman–Crippen LogP) is 7.65. The van der Waals surface area contributed by atoms with Crippen LogP contribution in [0.1, 0.15) is 87.7 Å². The largest absolute Gasteiger partial charge is 2.00 e. The first-order valence-electron chi connectivity index (χ1n) is 12.5. The van der Waals surface area contributed by atoms with Crippen LogP contribution in [0.2, 0.25) is 0 Å². The first-order valence-corrected chi connectivity index (χ1v) is 13.6. The fraction of sp³-hybridized carbons (Fsp3) is 0.312. The van der Waals surface area contributed by atoms with E-state index >= 15 is 0 Å². The molecule has 1 N–H and O–H groups in total. The number of rotatable bonds is 7. The Bertz CT molecular complexity index is 913. The van der Waals surface area contributed by atoms with E-state index in [-0.39, 0.29) is 28.9 Å². The Hall–Kier alpha value is -0.931. The molecule has 2 aliphatic carbocycles. The number of aliphatic hydroxyl groups excluding tert-OH is 1. The van der Waals surface area contributed by atoms with Crippen molar-refractivity contribution in [2.24, 2.45) is 0 Å². The monoisotopic (exact) mass is 542 g/mol. The fourth-order valence-corrected chi connectivity index (χ4v) is 5.99. The van der Waals surface area contributed by atoms with Gasteiger partial charge in [0.05, 0.1) is 22.2 Å². The normalized spacial score (nSPS) is 18.3. The van der Waals surface area contributed by atoms with Crippen molar-refractivity contribution in [3.63, 3.8) is 0 Å². The molecule has 2 aromatic rings. The number of hydrogen-bond acceptors (Lipinski definition) is 2. The Morgan fingerprint density at radius 1 is 0.667 bits per heavy atom. The van der Waals surface area contributed by atoms with Gasteiger partial charge in [-0.3, -0.25) is 4.21 Å². The Kier molecular flexibility index (Phi) is 12.9. The van der Waals surface area contributed by atoms with E-state index in [0.717, 1.165) is 27.5 Å². The van der Waals surface area contributed by atoms with Crippen molar-refractivity contribution < 1.29 is 26.4 Å². The first kappa shape index (κ1) is 31.3. The SMILES string of the molecule is CC(C)c1cc(C(C)C)c([S@](=O)[C]2[CH][CH][CH][C]2[C@@H](O)c2ccccc2)c(C(C)C)c1.[CH]1[CH][CH][CH][CH]1.[Fe+2]. The summed E-state index contributed by atoms with van der Waals surface area (Å²) in [5, 5.41) is 11.7. The van der Waals surface area contributed by atoms with Crippen LogP contribution in [0.25, 0.3) is 0 Å². The molecular formula is C32H38FeO2S+2. The van der Waals surface area contributed by atoms with E-state index in [1.807, 2.05) is 81.7 Å². The molecule has 2 nitrogen and oxygen atoms in total. The molecule has 2 aromatic carbocycles. The van der Waals surface area contributed by atoms with Crippen LogP contribution in [-0.2, 0) is 27.9 Å². The summed E-state index contributed by atoms with van der Waals surface area (Å²) in [4.78, 5) is 0.914. The molecule has 2 aliphatic rings. The molecule has 4 heteroatoms. The minimum absolute atomic E-state index is 0. The van der Waals surface area contributed by atoms with Crippen molar-refractivity contribution in [3.8, 4) is 0 Å². The van der Waals surface area contributed by atoms with E-state index in [1.54, 1.807) is 0 Å². The molecule has 2 fully saturated rings. The van der Waals surface area contributed by atoms with Gasteiger partial charge in [-0.2, -0.15) is 0 Å². The second kappa shape index (κ2) is 14.9. The Balaban J connectivity index is 0.000000678. The molecule has 0 bridgehead atoms. The fourth-order valence-electron chi connectivity index (χ4n) is 4.16. The minimum Gasteiger partial charge on any atom is -0.388 e. The Morgan fingerprint density at radius 2 is 1.17 bits per heavy atom. The van der Waals surface area contributed by atoms with E-state index in [2.05, 4.69) is 53.7 Å². The topological polar surface area (TPSA) is 37.3 Å². The zero-order valence-corrected chi connectivity index (χ0v) is 24.0. The summed E-state index contributed by atoms with van der Waals surface area (Å²) in [6.07, 6.45) is 14.9. The number of benzene rings is 2. The van der Waals surface area contributed by atoms with E-state index < -0.39 is 16.9 Å². The van der Waals surface area contributed by atoms with Crippen LogP contribution in [-0.4, -0.2) is 9.32 Å². The maximum Gasteiger partial charge on any atom is 2.00 e. The second-order valence-corrected chi connectivity index (χ2v) is 11.3. The van der Waals surface area contributed by atoms with Crippen molar-refractivity contribution in [2.75, 3.05) is 0 Å². The Labute approximate surface area is 234 Å². The minimum atomic E-state index is -1.37. The van der Waals surface area contributed by atoms with Crippen LogP contribution in [0.4, 0.5) is 0 Å². The van der Waals surface area contributed by atoms with Gasteiger partial charge in [-0.15, -0.1) is 0 Å². The van der Waals surface area contributed by atoms with Gasteiger partial charge in [-0.05, 0) is 91.4 Å². The van der Waals surface area contributed by atoms with Crippen LogP contribution in [0.5, 0.6) is 0 Å². The average Bonchev–Trinajstić information content (AvgIpc) is 3.58. The molecule has 0 unspecified atom stereocenters. The van der Waals surface area contributed by atoms with Gasteiger partial charge in [0.15, 0.2) is 0 Å². The van der Waals surface area contributed by atoms with Gasteiger partial charge in [0.25, 0.3) is 0 Å². The molecule has 0 spiro atoms. The average molecular weight is 543 g/mol. The molecule has 0 heterocycles. The van der Waals surface area contributed by atoms with Gasteiger partial charge < -0.3 is 5.11 Å². The van der Waals surface area contributed by atoms with Crippen LogP contribution >= 0.6 is 0 Å². The summed E-state index contributed by atoms with van der Waals surface area (Å²) in [7, 11) is -1.37. The van der Waals surface area contributed by atoms with Gasteiger partial charge in [0.1, 0.15) is 0 Å². The molecule has 2 atom stereocenters. The van der Waals surface area contributed by atoms with E-state index in [0.29, 0.717) is 11.2 Å². The van der Waals surface area contributed by atoms with Gasteiger partial charge in [-0.25, -0.2) is 0 Å². The Morgan fingerprint density at radius 3 is 1.61 bits per heavy atom. The molecule has 0 aromatic heterocycles. The van der Waals surface area contributed by atoms with E-state index in [9.17, 15) is 9.32 Å². The molecule has 0 saturated heterocycles. The maximum absolute atomic E-state index is 14.0. The zero-order chi connectivity index (χ0) is 25.5. The van der Waals surface area contributed by atoms with Crippen molar-refractivity contribution in [2.45, 2.75) is 70.3 Å². The van der Waals surface area contributed by atoms with Crippen LogP contribution in [0.3, 0.4) is 0 Å². The van der Waals surface area contributed by atoms with Crippen LogP contribution in [0, 0.1) is 62.5 Å². The summed E-state index contributed by atoms with van der Waals surface area (Å²) in [5.41, 5.74) is 4.38. The quantitative estimate of drug-likeness (QED) is 0.365. The molecule has 4 rings (SSSR count). The third-order valence-electron chi connectivity index (χ3n) is 6.24. The third-order valence-corrected chi connectivity index (χ3v) is 7.85. The third kappa shape index (κ3) is 7.79.